The van der Waals surface area contributed by atoms with Crippen molar-refractivity contribution in [1.29, 1.82) is 0 Å². The Balaban J connectivity index is 2.06. The molecular formula is C13H18N4O2. The molecule has 6 heteroatoms. The lowest BCUT2D eigenvalue weighted by Gasteiger charge is -2.09. The van der Waals surface area contributed by atoms with Gasteiger partial charge in [-0.05, 0) is 18.8 Å². The zero-order valence-electron chi connectivity index (χ0n) is 11.2. The van der Waals surface area contributed by atoms with Gasteiger partial charge in [0, 0.05) is 25.2 Å². The first kappa shape index (κ1) is 13.5. The number of hydrogen-bond acceptors (Lipinski definition) is 5. The summed E-state index contributed by atoms with van der Waals surface area (Å²) in [5, 5.41) is 18.6. The van der Waals surface area contributed by atoms with E-state index in [1.807, 2.05) is 44.4 Å². The van der Waals surface area contributed by atoms with Crippen molar-refractivity contribution in [2.24, 2.45) is 0 Å². The molecule has 1 N–H and O–H groups in total. The molecule has 2 aromatic rings. The topological polar surface area (TPSA) is 68.2 Å². The highest BCUT2D eigenvalue weighted by Gasteiger charge is 2.19. The maximum absolute atomic E-state index is 11.6. The molecular weight excluding hydrogens is 244 g/mol. The summed E-state index contributed by atoms with van der Waals surface area (Å²) < 4.78 is 6.27. The molecule has 0 aliphatic carbocycles. The molecule has 0 spiro atoms. The molecule has 2 rings (SSSR count). The zero-order chi connectivity index (χ0) is 13.7. The fourth-order valence-electron chi connectivity index (χ4n) is 1.70. The van der Waals surface area contributed by atoms with Gasteiger partial charge in [0.1, 0.15) is 0 Å². The second-order valence-corrected chi connectivity index (χ2v) is 4.53. The number of hydrogen-bond donors (Lipinski definition) is 1. The lowest BCUT2D eigenvalue weighted by Crippen LogP contribution is -2.39. The largest absolute Gasteiger partial charge is 0.539 e. The van der Waals surface area contributed by atoms with Crippen LogP contribution in [0.4, 0.5) is 0 Å². The molecule has 0 aliphatic heterocycles. The van der Waals surface area contributed by atoms with Gasteiger partial charge < -0.3 is 19.8 Å². The normalized spacial score (nSPS) is 11.1. The Bertz CT molecular complexity index is 511. The quantitative estimate of drug-likeness (QED) is 0.570. The summed E-state index contributed by atoms with van der Waals surface area (Å²) in [6, 6.07) is 9.46. The van der Waals surface area contributed by atoms with Crippen LogP contribution in [-0.4, -0.2) is 37.4 Å². The molecule has 1 aromatic heterocycles. The Labute approximate surface area is 112 Å². The van der Waals surface area contributed by atoms with E-state index in [-0.39, 0.29) is 0 Å². The maximum Gasteiger partial charge on any atom is 0.253 e. The predicted octanol–water partition coefficient (Wildman–Crippen LogP) is -0.324. The van der Waals surface area contributed by atoms with Gasteiger partial charge in [0.25, 0.3) is 5.69 Å². The Kier molecular flexibility index (Phi) is 4.48. The summed E-state index contributed by atoms with van der Waals surface area (Å²) in [6.45, 7) is 2.14. The van der Waals surface area contributed by atoms with Gasteiger partial charge in [-0.25, -0.2) is 0 Å². The van der Waals surface area contributed by atoms with E-state index in [1.165, 1.54) is 4.68 Å². The van der Waals surface area contributed by atoms with Crippen LogP contribution in [-0.2, 0) is 6.54 Å². The molecule has 6 nitrogen and oxygen atoms in total. The van der Waals surface area contributed by atoms with Gasteiger partial charge >= 0.3 is 0 Å². The van der Waals surface area contributed by atoms with Crippen LogP contribution in [0.5, 0.6) is 5.95 Å². The van der Waals surface area contributed by atoms with Crippen LogP contribution in [0.3, 0.4) is 0 Å². The molecule has 19 heavy (non-hydrogen) atoms. The number of para-hydroxylation sites is 1. The van der Waals surface area contributed by atoms with Crippen molar-refractivity contribution in [2.45, 2.75) is 6.54 Å². The van der Waals surface area contributed by atoms with Gasteiger partial charge in [-0.3, -0.25) is 0 Å². The van der Waals surface area contributed by atoms with E-state index in [0.29, 0.717) is 12.2 Å². The number of benzene rings is 1. The Morgan fingerprint density at radius 3 is 2.74 bits per heavy atom. The standard InChI is InChI=1S/C13H18N4O2/c1-16(2)9-8-14-10-12-13(18)19-15-17(12)11-6-4-3-5-7-11/h3-7,14H,8-10H2,1-2H3. The minimum Gasteiger partial charge on any atom is -0.539 e. The van der Waals surface area contributed by atoms with E-state index >= 15 is 0 Å². The van der Waals surface area contributed by atoms with Gasteiger partial charge in [-0.15, -0.1) is 0 Å². The van der Waals surface area contributed by atoms with Crippen molar-refractivity contribution >= 4 is 0 Å². The lowest BCUT2D eigenvalue weighted by molar-refractivity contribution is -0.677. The Morgan fingerprint density at radius 2 is 2.05 bits per heavy atom. The van der Waals surface area contributed by atoms with Crippen LogP contribution < -0.4 is 15.1 Å². The molecule has 0 saturated heterocycles. The average Bonchev–Trinajstić information content (AvgIpc) is 2.77. The Morgan fingerprint density at radius 1 is 1.32 bits per heavy atom. The molecule has 0 radical (unpaired) electrons. The molecule has 1 aromatic carbocycles. The lowest BCUT2D eigenvalue weighted by atomic mass is 10.3. The van der Waals surface area contributed by atoms with Gasteiger partial charge in [0.2, 0.25) is 5.69 Å². The summed E-state index contributed by atoms with van der Waals surface area (Å²) >= 11 is 0. The summed E-state index contributed by atoms with van der Waals surface area (Å²) in [4.78, 5) is 2.07. The predicted molar refractivity (Wildman–Crippen MR) is 67.7 cm³/mol. The second kappa shape index (κ2) is 6.31. The van der Waals surface area contributed by atoms with Crippen LogP contribution >= 0.6 is 0 Å². The summed E-state index contributed by atoms with van der Waals surface area (Å²) in [6.07, 6.45) is 0. The molecule has 0 unspecified atom stereocenters. The number of aromatic nitrogens is 2. The first-order valence-corrected chi connectivity index (χ1v) is 6.17. The monoisotopic (exact) mass is 262 g/mol. The zero-order valence-corrected chi connectivity index (χ0v) is 11.2. The molecule has 0 amide bonds. The molecule has 0 atom stereocenters. The first-order chi connectivity index (χ1) is 9.18. The van der Waals surface area contributed by atoms with E-state index in [1.54, 1.807) is 0 Å². The summed E-state index contributed by atoms with van der Waals surface area (Å²) in [5.41, 5.74) is 1.32. The van der Waals surface area contributed by atoms with Crippen molar-refractivity contribution in [3.63, 3.8) is 0 Å². The average molecular weight is 262 g/mol. The molecule has 0 saturated carbocycles. The minimum atomic E-state index is -0.402. The van der Waals surface area contributed by atoms with Gasteiger partial charge in [0.05, 0.1) is 11.8 Å². The van der Waals surface area contributed by atoms with Crippen molar-refractivity contribution < 1.29 is 14.3 Å². The van der Waals surface area contributed by atoms with E-state index in [2.05, 4.69) is 15.5 Å². The van der Waals surface area contributed by atoms with Crippen molar-refractivity contribution in [1.82, 2.24) is 15.5 Å². The molecule has 0 bridgehead atoms. The number of likely N-dealkylation sites (N-methyl/N-ethyl adjacent to an activating group) is 1. The highest BCUT2D eigenvalue weighted by Crippen LogP contribution is 2.09. The van der Waals surface area contributed by atoms with E-state index < -0.39 is 5.95 Å². The number of rotatable bonds is 6. The first-order valence-electron chi connectivity index (χ1n) is 6.17. The van der Waals surface area contributed by atoms with Crippen LogP contribution in [0.2, 0.25) is 0 Å². The smallest absolute Gasteiger partial charge is 0.253 e. The molecule has 102 valence electrons. The van der Waals surface area contributed by atoms with E-state index in [0.717, 1.165) is 18.8 Å². The summed E-state index contributed by atoms with van der Waals surface area (Å²) in [5.74, 6) is -0.402. The van der Waals surface area contributed by atoms with Crippen LogP contribution in [0.1, 0.15) is 5.69 Å². The molecule has 1 heterocycles. The highest BCUT2D eigenvalue weighted by atomic mass is 16.6. The minimum absolute atomic E-state index is 0.402. The van der Waals surface area contributed by atoms with Crippen molar-refractivity contribution in [3.05, 3.63) is 36.0 Å². The van der Waals surface area contributed by atoms with Crippen LogP contribution in [0, 0.1) is 0 Å². The van der Waals surface area contributed by atoms with Gasteiger partial charge in [-0.1, -0.05) is 18.2 Å². The maximum atomic E-state index is 11.6. The summed E-state index contributed by atoms with van der Waals surface area (Å²) in [7, 11) is 4.01. The third kappa shape index (κ3) is 3.52. The molecule has 0 fully saturated rings. The third-order valence-electron chi connectivity index (χ3n) is 2.73. The number of nitrogens with one attached hydrogen (secondary N) is 1. The van der Waals surface area contributed by atoms with E-state index in [9.17, 15) is 5.11 Å². The van der Waals surface area contributed by atoms with Crippen LogP contribution in [0.15, 0.2) is 34.9 Å². The fourth-order valence-corrected chi connectivity index (χ4v) is 1.70. The van der Waals surface area contributed by atoms with Gasteiger partial charge in [-0.2, -0.15) is 0 Å². The Hall–Kier alpha value is -1.92. The van der Waals surface area contributed by atoms with Gasteiger partial charge in [0.15, 0.2) is 5.95 Å². The van der Waals surface area contributed by atoms with Crippen molar-refractivity contribution in [3.8, 4) is 11.6 Å². The SMILES string of the molecule is CN(C)CCNCc1c([O-])on[n+]1-c1ccccc1. The highest BCUT2D eigenvalue weighted by molar-refractivity contribution is 5.22. The van der Waals surface area contributed by atoms with Crippen LogP contribution in [0.25, 0.3) is 5.69 Å². The third-order valence-corrected chi connectivity index (χ3v) is 2.73. The second-order valence-electron chi connectivity index (χ2n) is 4.53. The fraction of sp³-hybridized carbons (Fsp3) is 0.385. The van der Waals surface area contributed by atoms with E-state index in [4.69, 9.17) is 4.52 Å². The number of nitrogens with zero attached hydrogens (tertiary/aromatic N) is 3. The molecule has 0 aliphatic rings. The van der Waals surface area contributed by atoms with Crippen molar-refractivity contribution in [2.75, 3.05) is 27.2 Å².